The molecule has 2 rings (SSSR count). The number of likely N-dealkylation sites (N-methyl/N-ethyl adjacent to an activating group) is 1. The summed E-state index contributed by atoms with van der Waals surface area (Å²) in [5, 5.41) is 2.15. The van der Waals surface area contributed by atoms with Gasteiger partial charge in [0.2, 0.25) is 0 Å². The van der Waals surface area contributed by atoms with E-state index >= 15 is 0 Å². The van der Waals surface area contributed by atoms with E-state index in [1.807, 2.05) is 18.2 Å². The van der Waals surface area contributed by atoms with Crippen molar-refractivity contribution >= 4 is 10.8 Å². The molecule has 17 heavy (non-hydrogen) atoms. The summed E-state index contributed by atoms with van der Waals surface area (Å²) >= 11 is 0. The van der Waals surface area contributed by atoms with Crippen LogP contribution in [0.4, 0.5) is 4.39 Å². The Bertz CT molecular complexity index is 507. The van der Waals surface area contributed by atoms with Crippen molar-refractivity contribution in [3.05, 3.63) is 47.8 Å². The number of fused-ring (bicyclic) bond motifs is 1. The van der Waals surface area contributed by atoms with E-state index in [1.54, 1.807) is 12.1 Å². The quantitative estimate of drug-likeness (QED) is 0.778. The Labute approximate surface area is 102 Å². The van der Waals surface area contributed by atoms with E-state index in [4.69, 9.17) is 0 Å². The Balaban J connectivity index is 2.32. The Morgan fingerprint density at radius 1 is 1.18 bits per heavy atom. The molecule has 2 aromatic carbocycles. The molecular formula is C15H18FN. The van der Waals surface area contributed by atoms with Crippen LogP contribution in [0.2, 0.25) is 0 Å². The van der Waals surface area contributed by atoms with Gasteiger partial charge in [-0.3, -0.25) is 0 Å². The SMILES string of the molecule is CCN(C)CCc1cc(F)cc2ccccc12. The first-order valence-corrected chi connectivity index (χ1v) is 6.06. The highest BCUT2D eigenvalue weighted by atomic mass is 19.1. The van der Waals surface area contributed by atoms with Gasteiger partial charge in [0, 0.05) is 6.54 Å². The average Bonchev–Trinajstić information content (AvgIpc) is 2.35. The molecule has 0 saturated carbocycles. The molecule has 2 heteroatoms. The molecule has 0 bridgehead atoms. The molecule has 0 saturated heterocycles. The molecule has 0 amide bonds. The van der Waals surface area contributed by atoms with E-state index in [0.29, 0.717) is 0 Å². The van der Waals surface area contributed by atoms with Crippen molar-refractivity contribution in [2.75, 3.05) is 20.1 Å². The van der Waals surface area contributed by atoms with Crippen LogP contribution in [-0.2, 0) is 6.42 Å². The Morgan fingerprint density at radius 3 is 2.71 bits per heavy atom. The third-order valence-corrected chi connectivity index (χ3v) is 3.21. The van der Waals surface area contributed by atoms with Gasteiger partial charge in [0.25, 0.3) is 0 Å². The minimum atomic E-state index is -0.141. The van der Waals surface area contributed by atoms with Crippen LogP contribution in [0.3, 0.4) is 0 Å². The molecule has 0 atom stereocenters. The predicted octanol–water partition coefficient (Wildman–Crippen LogP) is 3.47. The zero-order valence-corrected chi connectivity index (χ0v) is 10.4. The van der Waals surface area contributed by atoms with Gasteiger partial charge in [-0.1, -0.05) is 31.2 Å². The molecule has 1 nitrogen and oxygen atoms in total. The summed E-state index contributed by atoms with van der Waals surface area (Å²) in [6.45, 7) is 4.11. The molecule has 0 unspecified atom stereocenters. The lowest BCUT2D eigenvalue weighted by Crippen LogP contribution is -2.20. The summed E-state index contributed by atoms with van der Waals surface area (Å²) in [5.41, 5.74) is 1.10. The number of halogens is 1. The molecule has 0 aliphatic heterocycles. The molecule has 0 aliphatic carbocycles. The molecular weight excluding hydrogens is 213 g/mol. The molecule has 2 aromatic rings. The zero-order chi connectivity index (χ0) is 12.3. The maximum Gasteiger partial charge on any atom is 0.124 e. The number of hydrogen-bond donors (Lipinski definition) is 0. The van der Waals surface area contributed by atoms with Crippen molar-refractivity contribution < 1.29 is 4.39 Å². The van der Waals surface area contributed by atoms with Gasteiger partial charge in [0.1, 0.15) is 5.82 Å². The number of hydrogen-bond acceptors (Lipinski definition) is 1. The Kier molecular flexibility index (Phi) is 3.75. The van der Waals surface area contributed by atoms with Crippen LogP contribution in [-0.4, -0.2) is 25.0 Å². The van der Waals surface area contributed by atoms with Gasteiger partial charge in [-0.2, -0.15) is 0 Å². The number of nitrogens with zero attached hydrogens (tertiary/aromatic N) is 1. The largest absolute Gasteiger partial charge is 0.306 e. The van der Waals surface area contributed by atoms with Crippen LogP contribution in [0.1, 0.15) is 12.5 Å². The van der Waals surface area contributed by atoms with E-state index in [0.717, 1.165) is 30.5 Å². The standard InChI is InChI=1S/C15H18FN/c1-3-17(2)9-8-13-11-14(16)10-12-6-4-5-7-15(12)13/h4-7,10-11H,3,8-9H2,1-2H3. The van der Waals surface area contributed by atoms with Crippen LogP contribution < -0.4 is 0 Å². The molecule has 0 fully saturated rings. The second kappa shape index (κ2) is 5.28. The summed E-state index contributed by atoms with van der Waals surface area (Å²) in [5.74, 6) is -0.141. The van der Waals surface area contributed by atoms with Crippen molar-refractivity contribution in [2.24, 2.45) is 0 Å². The third-order valence-electron chi connectivity index (χ3n) is 3.21. The van der Waals surface area contributed by atoms with Gasteiger partial charge in [-0.25, -0.2) is 4.39 Å². The van der Waals surface area contributed by atoms with Gasteiger partial charge in [-0.15, -0.1) is 0 Å². The molecule has 90 valence electrons. The van der Waals surface area contributed by atoms with Crippen molar-refractivity contribution in [3.63, 3.8) is 0 Å². The van der Waals surface area contributed by atoms with Gasteiger partial charge in [0.15, 0.2) is 0 Å². The molecule has 0 aromatic heterocycles. The summed E-state index contributed by atoms with van der Waals surface area (Å²) in [6, 6.07) is 11.2. The van der Waals surface area contributed by atoms with Crippen molar-refractivity contribution in [1.29, 1.82) is 0 Å². The highest BCUT2D eigenvalue weighted by Crippen LogP contribution is 2.21. The lowest BCUT2D eigenvalue weighted by atomic mass is 10.0. The summed E-state index contributed by atoms with van der Waals surface area (Å²) < 4.78 is 13.5. The molecule has 0 N–H and O–H groups in total. The smallest absolute Gasteiger partial charge is 0.124 e. The summed E-state index contributed by atoms with van der Waals surface area (Å²) in [7, 11) is 2.08. The monoisotopic (exact) mass is 231 g/mol. The number of benzene rings is 2. The van der Waals surface area contributed by atoms with Crippen LogP contribution in [0.25, 0.3) is 10.8 Å². The fourth-order valence-electron chi connectivity index (χ4n) is 2.03. The first kappa shape index (κ1) is 12.1. The minimum Gasteiger partial charge on any atom is -0.306 e. The van der Waals surface area contributed by atoms with Crippen molar-refractivity contribution in [3.8, 4) is 0 Å². The lowest BCUT2D eigenvalue weighted by Gasteiger charge is -2.14. The van der Waals surface area contributed by atoms with E-state index in [1.165, 1.54) is 5.39 Å². The minimum absolute atomic E-state index is 0.141. The van der Waals surface area contributed by atoms with E-state index in [-0.39, 0.29) is 5.82 Å². The second-order valence-electron chi connectivity index (χ2n) is 4.43. The summed E-state index contributed by atoms with van der Waals surface area (Å²) in [6.07, 6.45) is 0.891. The zero-order valence-electron chi connectivity index (χ0n) is 10.4. The normalized spacial score (nSPS) is 11.3. The van der Waals surface area contributed by atoms with Crippen LogP contribution in [0.5, 0.6) is 0 Å². The van der Waals surface area contributed by atoms with Crippen molar-refractivity contribution in [2.45, 2.75) is 13.3 Å². The molecule has 0 radical (unpaired) electrons. The Hall–Kier alpha value is -1.41. The predicted molar refractivity (Wildman–Crippen MR) is 70.8 cm³/mol. The van der Waals surface area contributed by atoms with Gasteiger partial charge >= 0.3 is 0 Å². The first-order chi connectivity index (χ1) is 8.20. The van der Waals surface area contributed by atoms with Gasteiger partial charge in [0.05, 0.1) is 0 Å². The second-order valence-corrected chi connectivity index (χ2v) is 4.43. The highest BCUT2D eigenvalue weighted by molar-refractivity contribution is 5.85. The Morgan fingerprint density at radius 2 is 1.94 bits per heavy atom. The molecule has 0 spiro atoms. The molecule has 0 aliphatic rings. The van der Waals surface area contributed by atoms with Gasteiger partial charge in [-0.05, 0) is 48.5 Å². The highest BCUT2D eigenvalue weighted by Gasteiger charge is 2.04. The molecule has 0 heterocycles. The maximum atomic E-state index is 13.5. The fraction of sp³-hybridized carbons (Fsp3) is 0.333. The first-order valence-electron chi connectivity index (χ1n) is 6.06. The van der Waals surface area contributed by atoms with Crippen LogP contribution in [0, 0.1) is 5.82 Å². The van der Waals surface area contributed by atoms with Crippen LogP contribution >= 0.6 is 0 Å². The lowest BCUT2D eigenvalue weighted by molar-refractivity contribution is 0.358. The third kappa shape index (κ3) is 2.83. The van der Waals surface area contributed by atoms with E-state index in [9.17, 15) is 4.39 Å². The van der Waals surface area contributed by atoms with Crippen LogP contribution in [0.15, 0.2) is 36.4 Å². The van der Waals surface area contributed by atoms with Crippen molar-refractivity contribution in [1.82, 2.24) is 4.90 Å². The topological polar surface area (TPSA) is 3.24 Å². The maximum absolute atomic E-state index is 13.5. The van der Waals surface area contributed by atoms with E-state index in [2.05, 4.69) is 24.9 Å². The summed E-state index contributed by atoms with van der Waals surface area (Å²) in [4.78, 5) is 2.24. The fourth-order valence-corrected chi connectivity index (χ4v) is 2.03. The van der Waals surface area contributed by atoms with Gasteiger partial charge < -0.3 is 4.90 Å². The average molecular weight is 231 g/mol. The van der Waals surface area contributed by atoms with E-state index < -0.39 is 0 Å². The number of rotatable bonds is 4.